The van der Waals surface area contributed by atoms with E-state index >= 15 is 0 Å². The fourth-order valence-corrected chi connectivity index (χ4v) is 1.83. The zero-order valence-electron chi connectivity index (χ0n) is 8.80. The molecule has 2 rings (SSSR count). The van der Waals surface area contributed by atoms with Gasteiger partial charge in [-0.25, -0.2) is 8.78 Å². The highest BCUT2D eigenvalue weighted by Gasteiger charge is 2.20. The van der Waals surface area contributed by atoms with E-state index in [-0.39, 0.29) is 16.1 Å². The molecule has 1 unspecified atom stereocenters. The summed E-state index contributed by atoms with van der Waals surface area (Å²) in [6.45, 7) is 1.03. The van der Waals surface area contributed by atoms with E-state index < -0.39 is 17.5 Å². The molecule has 0 radical (unpaired) electrons. The number of nitrogens with one attached hydrogen (secondary N) is 1. The van der Waals surface area contributed by atoms with Gasteiger partial charge in [0.1, 0.15) is 11.6 Å². The van der Waals surface area contributed by atoms with Gasteiger partial charge in [0.05, 0.1) is 17.1 Å². The molecule has 0 aromatic heterocycles. The summed E-state index contributed by atoms with van der Waals surface area (Å²) < 4.78 is 31.3. The number of hydrogen-bond acceptors (Lipinski definition) is 2. The molecule has 1 atom stereocenters. The van der Waals surface area contributed by atoms with Crippen molar-refractivity contribution in [1.29, 1.82) is 0 Å². The van der Waals surface area contributed by atoms with Crippen molar-refractivity contribution in [2.45, 2.75) is 12.5 Å². The molecule has 1 heterocycles. The average molecular weight is 306 g/mol. The summed E-state index contributed by atoms with van der Waals surface area (Å²) in [5.41, 5.74) is -0.0323. The van der Waals surface area contributed by atoms with Gasteiger partial charge in [-0.2, -0.15) is 0 Å². The van der Waals surface area contributed by atoms with Crippen LogP contribution in [-0.4, -0.2) is 25.2 Å². The monoisotopic (exact) mass is 305 g/mol. The van der Waals surface area contributed by atoms with Crippen molar-refractivity contribution in [3.63, 3.8) is 0 Å². The van der Waals surface area contributed by atoms with Crippen LogP contribution in [0.3, 0.4) is 0 Å². The van der Waals surface area contributed by atoms with Gasteiger partial charge in [0, 0.05) is 12.2 Å². The van der Waals surface area contributed by atoms with E-state index in [4.69, 9.17) is 4.74 Å². The van der Waals surface area contributed by atoms with Crippen molar-refractivity contribution in [1.82, 2.24) is 5.32 Å². The van der Waals surface area contributed by atoms with Gasteiger partial charge in [-0.3, -0.25) is 4.79 Å². The molecule has 0 spiro atoms. The molecule has 0 aliphatic carbocycles. The summed E-state index contributed by atoms with van der Waals surface area (Å²) >= 11 is 2.75. The summed E-state index contributed by atoms with van der Waals surface area (Å²) in [5.74, 6) is -2.08. The van der Waals surface area contributed by atoms with Gasteiger partial charge in [0.2, 0.25) is 0 Å². The maximum absolute atomic E-state index is 13.2. The fraction of sp³-hybridized carbons (Fsp3) is 0.364. The maximum atomic E-state index is 13.2. The zero-order valence-corrected chi connectivity index (χ0v) is 10.4. The van der Waals surface area contributed by atoms with E-state index in [0.717, 1.165) is 12.1 Å². The van der Waals surface area contributed by atoms with Crippen molar-refractivity contribution in [3.05, 3.63) is 33.8 Å². The lowest BCUT2D eigenvalue weighted by molar-refractivity contribution is 0.0929. The number of rotatable bonds is 2. The first-order valence-corrected chi connectivity index (χ1v) is 5.90. The van der Waals surface area contributed by atoms with Crippen molar-refractivity contribution in [2.24, 2.45) is 0 Å². The quantitative estimate of drug-likeness (QED) is 0.851. The number of ether oxygens (including phenoxy) is 1. The smallest absolute Gasteiger partial charge is 0.251 e. The Morgan fingerprint density at radius 2 is 2.06 bits per heavy atom. The number of benzene rings is 1. The Morgan fingerprint density at radius 3 is 2.59 bits per heavy atom. The summed E-state index contributed by atoms with van der Waals surface area (Å²) in [6, 6.07) is 1.91. The van der Waals surface area contributed by atoms with Crippen LogP contribution in [0, 0.1) is 11.6 Å². The standard InChI is InChI=1S/C11H10BrF2NO2/c12-10-8(13)3-6(4-9(10)14)11(16)15-7-1-2-17-5-7/h3-4,7H,1-2,5H2,(H,15,16). The number of halogens is 3. The molecular formula is C11H10BrF2NO2. The third kappa shape index (κ3) is 2.81. The normalized spacial score (nSPS) is 19.4. The van der Waals surface area contributed by atoms with Crippen molar-refractivity contribution in [2.75, 3.05) is 13.2 Å². The molecule has 6 heteroatoms. The first kappa shape index (κ1) is 12.4. The van der Waals surface area contributed by atoms with Gasteiger partial charge >= 0.3 is 0 Å². The van der Waals surface area contributed by atoms with Gasteiger partial charge < -0.3 is 10.1 Å². The van der Waals surface area contributed by atoms with Crippen LogP contribution in [0.1, 0.15) is 16.8 Å². The van der Waals surface area contributed by atoms with E-state index in [9.17, 15) is 13.6 Å². The predicted molar refractivity (Wildman–Crippen MR) is 60.7 cm³/mol. The lowest BCUT2D eigenvalue weighted by Gasteiger charge is -2.11. The number of carbonyl (C=O) groups excluding carboxylic acids is 1. The number of carbonyl (C=O) groups is 1. The molecule has 1 aromatic carbocycles. The second-order valence-corrected chi connectivity index (χ2v) is 4.58. The summed E-state index contributed by atoms with van der Waals surface area (Å²) in [4.78, 5) is 11.7. The van der Waals surface area contributed by atoms with Crippen LogP contribution < -0.4 is 5.32 Å². The molecule has 1 aromatic rings. The molecule has 1 amide bonds. The molecule has 92 valence electrons. The van der Waals surface area contributed by atoms with Gasteiger partial charge in [-0.05, 0) is 34.5 Å². The van der Waals surface area contributed by atoms with E-state index in [1.54, 1.807) is 0 Å². The molecular weight excluding hydrogens is 296 g/mol. The Hall–Kier alpha value is -1.01. The van der Waals surface area contributed by atoms with E-state index in [1.807, 2.05) is 0 Å². The molecule has 1 saturated heterocycles. The Kier molecular flexibility index (Phi) is 3.73. The van der Waals surface area contributed by atoms with Crippen LogP contribution in [-0.2, 0) is 4.74 Å². The lowest BCUT2D eigenvalue weighted by Crippen LogP contribution is -2.35. The molecule has 0 bridgehead atoms. The topological polar surface area (TPSA) is 38.3 Å². The lowest BCUT2D eigenvalue weighted by atomic mass is 10.1. The van der Waals surface area contributed by atoms with Crippen molar-refractivity contribution in [3.8, 4) is 0 Å². The zero-order chi connectivity index (χ0) is 12.4. The fourth-order valence-electron chi connectivity index (χ4n) is 1.60. The predicted octanol–water partition coefficient (Wildman–Crippen LogP) is 2.25. The van der Waals surface area contributed by atoms with Crippen LogP contribution in [0.2, 0.25) is 0 Å². The average Bonchev–Trinajstić information content (AvgIpc) is 2.77. The molecule has 1 N–H and O–H groups in total. The molecule has 3 nitrogen and oxygen atoms in total. The Bertz CT molecular complexity index is 424. The van der Waals surface area contributed by atoms with Gasteiger partial charge in [-0.1, -0.05) is 0 Å². The molecule has 1 aliphatic heterocycles. The highest BCUT2D eigenvalue weighted by molar-refractivity contribution is 9.10. The van der Waals surface area contributed by atoms with Crippen molar-refractivity contribution < 1.29 is 18.3 Å². The highest BCUT2D eigenvalue weighted by atomic mass is 79.9. The van der Waals surface area contributed by atoms with Crippen LogP contribution in [0.4, 0.5) is 8.78 Å². The molecule has 0 saturated carbocycles. The molecule has 17 heavy (non-hydrogen) atoms. The van der Waals surface area contributed by atoms with Crippen LogP contribution >= 0.6 is 15.9 Å². The van der Waals surface area contributed by atoms with Crippen LogP contribution in [0.5, 0.6) is 0 Å². The van der Waals surface area contributed by atoms with Gasteiger partial charge in [0.25, 0.3) is 5.91 Å². The summed E-state index contributed by atoms with van der Waals surface area (Å²) in [6.07, 6.45) is 0.716. The second-order valence-electron chi connectivity index (χ2n) is 3.79. The van der Waals surface area contributed by atoms with E-state index in [2.05, 4.69) is 21.2 Å². The first-order chi connectivity index (χ1) is 8.08. The minimum absolute atomic E-state index is 0.0323. The third-order valence-electron chi connectivity index (χ3n) is 2.51. The number of amides is 1. The second kappa shape index (κ2) is 5.10. The van der Waals surface area contributed by atoms with Gasteiger partial charge in [0.15, 0.2) is 0 Å². The van der Waals surface area contributed by atoms with Gasteiger partial charge in [-0.15, -0.1) is 0 Å². The Morgan fingerprint density at radius 1 is 1.41 bits per heavy atom. The van der Waals surface area contributed by atoms with Crippen molar-refractivity contribution >= 4 is 21.8 Å². The Balaban J connectivity index is 2.13. The summed E-state index contributed by atoms with van der Waals surface area (Å²) in [7, 11) is 0. The first-order valence-electron chi connectivity index (χ1n) is 5.11. The summed E-state index contributed by atoms with van der Waals surface area (Å²) in [5, 5.41) is 2.66. The molecule has 1 fully saturated rings. The largest absolute Gasteiger partial charge is 0.379 e. The van der Waals surface area contributed by atoms with E-state index in [0.29, 0.717) is 19.6 Å². The van der Waals surface area contributed by atoms with Crippen LogP contribution in [0.25, 0.3) is 0 Å². The minimum atomic E-state index is -0.794. The number of hydrogen-bond donors (Lipinski definition) is 1. The van der Waals surface area contributed by atoms with Crippen LogP contribution in [0.15, 0.2) is 16.6 Å². The SMILES string of the molecule is O=C(NC1CCOC1)c1cc(F)c(Br)c(F)c1. The highest BCUT2D eigenvalue weighted by Crippen LogP contribution is 2.21. The van der Waals surface area contributed by atoms with E-state index in [1.165, 1.54) is 0 Å². The third-order valence-corrected chi connectivity index (χ3v) is 3.27. The Labute approximate surface area is 105 Å². The maximum Gasteiger partial charge on any atom is 0.251 e. The minimum Gasteiger partial charge on any atom is -0.379 e. The molecule has 1 aliphatic rings.